The Bertz CT molecular complexity index is 192. The van der Waals surface area contributed by atoms with Crippen LogP contribution in [0.5, 0.6) is 0 Å². The van der Waals surface area contributed by atoms with Crippen LogP contribution < -0.4 is 0 Å². The van der Waals surface area contributed by atoms with E-state index in [1.54, 1.807) is 0 Å². The molecule has 0 heterocycles. The number of ether oxygens (including phenoxy) is 2. The highest BCUT2D eigenvalue weighted by Gasteiger charge is 2.27. The Hall–Kier alpha value is -0.0800. The maximum absolute atomic E-state index is 6.07. The molecule has 17 heavy (non-hydrogen) atoms. The molecule has 0 radical (unpaired) electrons. The molecule has 0 aliphatic carbocycles. The van der Waals surface area contributed by atoms with Crippen LogP contribution in [0.4, 0.5) is 0 Å². The van der Waals surface area contributed by atoms with E-state index in [9.17, 15) is 0 Å². The van der Waals surface area contributed by atoms with E-state index in [1.807, 2.05) is 0 Å². The Morgan fingerprint density at radius 1 is 1.06 bits per heavy atom. The van der Waals surface area contributed by atoms with Gasteiger partial charge in [0.2, 0.25) is 0 Å². The highest BCUT2D eigenvalue weighted by atomic mass is 16.5. The van der Waals surface area contributed by atoms with Crippen LogP contribution in [0.3, 0.4) is 0 Å². The number of hydrogen-bond acceptors (Lipinski definition) is 2. The molecule has 0 saturated heterocycles. The van der Waals surface area contributed by atoms with Gasteiger partial charge in [0.1, 0.15) is 0 Å². The summed E-state index contributed by atoms with van der Waals surface area (Å²) < 4.78 is 11.7. The molecule has 0 aromatic heterocycles. The van der Waals surface area contributed by atoms with Crippen LogP contribution in [0.2, 0.25) is 0 Å². The van der Waals surface area contributed by atoms with Gasteiger partial charge in [-0.1, -0.05) is 34.1 Å². The molecule has 104 valence electrons. The fourth-order valence-corrected chi connectivity index (χ4v) is 2.39. The molecule has 0 aromatic rings. The minimum absolute atomic E-state index is 0.0776. The van der Waals surface area contributed by atoms with E-state index < -0.39 is 0 Å². The van der Waals surface area contributed by atoms with Crippen LogP contribution in [-0.2, 0) is 9.47 Å². The van der Waals surface area contributed by atoms with E-state index >= 15 is 0 Å². The summed E-state index contributed by atoms with van der Waals surface area (Å²) in [6.45, 7) is 16.9. The first-order valence-corrected chi connectivity index (χ1v) is 6.92. The van der Waals surface area contributed by atoms with Gasteiger partial charge in [0.05, 0.1) is 18.3 Å². The van der Waals surface area contributed by atoms with Gasteiger partial charge in [0, 0.05) is 6.61 Å². The van der Waals surface area contributed by atoms with Gasteiger partial charge in [-0.15, -0.1) is 0 Å². The van der Waals surface area contributed by atoms with Gasteiger partial charge >= 0.3 is 0 Å². The molecule has 0 aliphatic heterocycles. The van der Waals surface area contributed by atoms with Crippen molar-refractivity contribution in [1.82, 2.24) is 0 Å². The summed E-state index contributed by atoms with van der Waals surface area (Å²) in [5.74, 6) is 0. The standard InChI is InChI=1S/C15H32O2/c1-8-9-10-16-11-13(2)17-15(6,7)12-14(3,4)5/h13H,8-12H2,1-7H3. The van der Waals surface area contributed by atoms with E-state index in [-0.39, 0.29) is 11.7 Å². The first-order chi connectivity index (χ1) is 7.66. The van der Waals surface area contributed by atoms with Crippen molar-refractivity contribution >= 4 is 0 Å². The molecular formula is C15H32O2. The lowest BCUT2D eigenvalue weighted by Crippen LogP contribution is -2.35. The Kier molecular flexibility index (Phi) is 7.34. The topological polar surface area (TPSA) is 18.5 Å². The van der Waals surface area contributed by atoms with Crippen molar-refractivity contribution in [2.45, 2.75) is 79.4 Å². The summed E-state index contributed by atoms with van der Waals surface area (Å²) in [7, 11) is 0. The van der Waals surface area contributed by atoms with Gasteiger partial charge in [0.15, 0.2) is 0 Å². The SMILES string of the molecule is CCCCOCC(C)OC(C)(C)CC(C)(C)C. The zero-order valence-electron chi connectivity index (χ0n) is 12.9. The third-order valence-corrected chi connectivity index (χ3v) is 2.47. The molecule has 2 nitrogen and oxygen atoms in total. The number of unbranched alkanes of at least 4 members (excludes halogenated alkanes) is 1. The van der Waals surface area contributed by atoms with Crippen molar-refractivity contribution in [3.05, 3.63) is 0 Å². The lowest BCUT2D eigenvalue weighted by Gasteiger charge is -2.34. The van der Waals surface area contributed by atoms with Crippen LogP contribution in [-0.4, -0.2) is 24.9 Å². The minimum Gasteiger partial charge on any atom is -0.379 e. The summed E-state index contributed by atoms with van der Waals surface area (Å²) in [5.41, 5.74) is 0.220. The molecule has 0 bridgehead atoms. The molecule has 1 atom stereocenters. The monoisotopic (exact) mass is 244 g/mol. The van der Waals surface area contributed by atoms with Crippen molar-refractivity contribution in [3.8, 4) is 0 Å². The number of hydrogen-bond donors (Lipinski definition) is 0. The highest BCUT2D eigenvalue weighted by molar-refractivity contribution is 4.78. The Labute approximate surface area is 108 Å². The van der Waals surface area contributed by atoms with Crippen LogP contribution in [0.15, 0.2) is 0 Å². The maximum Gasteiger partial charge on any atom is 0.0787 e. The molecule has 0 aliphatic rings. The number of rotatable bonds is 8. The second kappa shape index (κ2) is 7.38. The molecule has 2 heteroatoms. The van der Waals surface area contributed by atoms with E-state index in [4.69, 9.17) is 9.47 Å². The van der Waals surface area contributed by atoms with Crippen molar-refractivity contribution in [2.75, 3.05) is 13.2 Å². The van der Waals surface area contributed by atoms with Crippen molar-refractivity contribution in [3.63, 3.8) is 0 Å². The molecule has 0 N–H and O–H groups in total. The summed E-state index contributed by atoms with van der Waals surface area (Å²) in [6, 6.07) is 0. The van der Waals surface area contributed by atoms with E-state index in [1.165, 1.54) is 6.42 Å². The summed E-state index contributed by atoms with van der Waals surface area (Å²) in [4.78, 5) is 0. The Morgan fingerprint density at radius 3 is 2.12 bits per heavy atom. The molecule has 0 fully saturated rings. The largest absolute Gasteiger partial charge is 0.379 e. The summed E-state index contributed by atoms with van der Waals surface area (Å²) in [5, 5.41) is 0. The van der Waals surface area contributed by atoms with Crippen molar-refractivity contribution in [1.29, 1.82) is 0 Å². The van der Waals surface area contributed by atoms with E-state index in [0.717, 1.165) is 19.4 Å². The van der Waals surface area contributed by atoms with Crippen LogP contribution in [0.1, 0.15) is 67.7 Å². The first-order valence-electron chi connectivity index (χ1n) is 6.92. The smallest absolute Gasteiger partial charge is 0.0787 e. The fourth-order valence-electron chi connectivity index (χ4n) is 2.39. The van der Waals surface area contributed by atoms with Gasteiger partial charge in [-0.3, -0.25) is 0 Å². The van der Waals surface area contributed by atoms with Gasteiger partial charge in [-0.25, -0.2) is 0 Å². The first kappa shape index (κ1) is 16.9. The third-order valence-electron chi connectivity index (χ3n) is 2.47. The quantitative estimate of drug-likeness (QED) is 0.588. The third kappa shape index (κ3) is 10.8. The Morgan fingerprint density at radius 2 is 1.65 bits per heavy atom. The van der Waals surface area contributed by atoms with Gasteiger partial charge in [-0.05, 0) is 39.0 Å². The summed E-state index contributed by atoms with van der Waals surface area (Å²) in [6.07, 6.45) is 3.55. The lowest BCUT2D eigenvalue weighted by molar-refractivity contribution is -0.108. The fraction of sp³-hybridized carbons (Fsp3) is 1.00. The van der Waals surface area contributed by atoms with Crippen LogP contribution in [0.25, 0.3) is 0 Å². The van der Waals surface area contributed by atoms with Crippen molar-refractivity contribution in [2.24, 2.45) is 5.41 Å². The molecule has 0 spiro atoms. The lowest BCUT2D eigenvalue weighted by atomic mass is 9.83. The Balaban J connectivity index is 3.88. The van der Waals surface area contributed by atoms with Crippen LogP contribution >= 0.6 is 0 Å². The average Bonchev–Trinajstić information content (AvgIpc) is 2.07. The molecule has 1 unspecified atom stereocenters. The van der Waals surface area contributed by atoms with E-state index in [2.05, 4.69) is 48.5 Å². The van der Waals surface area contributed by atoms with Crippen LogP contribution in [0, 0.1) is 5.41 Å². The summed E-state index contributed by atoms with van der Waals surface area (Å²) >= 11 is 0. The molecule has 0 rings (SSSR count). The second-order valence-electron chi connectivity index (χ2n) is 6.85. The van der Waals surface area contributed by atoms with Gasteiger partial charge in [-0.2, -0.15) is 0 Å². The molecule has 0 aromatic carbocycles. The zero-order valence-corrected chi connectivity index (χ0v) is 12.9. The average molecular weight is 244 g/mol. The van der Waals surface area contributed by atoms with Gasteiger partial charge in [0.25, 0.3) is 0 Å². The normalized spacial score (nSPS) is 15.0. The predicted molar refractivity (Wildman–Crippen MR) is 74.4 cm³/mol. The van der Waals surface area contributed by atoms with E-state index in [0.29, 0.717) is 12.0 Å². The molecule has 0 saturated carbocycles. The zero-order chi connectivity index (χ0) is 13.5. The minimum atomic E-state index is -0.0776. The van der Waals surface area contributed by atoms with Gasteiger partial charge < -0.3 is 9.47 Å². The highest BCUT2D eigenvalue weighted by Crippen LogP contribution is 2.30. The molecular weight excluding hydrogens is 212 g/mol. The van der Waals surface area contributed by atoms with Crippen molar-refractivity contribution < 1.29 is 9.47 Å². The maximum atomic E-state index is 6.07. The predicted octanol–water partition coefficient (Wildman–Crippen LogP) is 4.42. The second-order valence-corrected chi connectivity index (χ2v) is 6.85. The molecule has 0 amide bonds.